The van der Waals surface area contributed by atoms with Crippen LogP contribution in [0.15, 0.2) is 59.4 Å². The number of aromatic nitrogens is 2. The lowest BCUT2D eigenvalue weighted by Gasteiger charge is -2.40. The predicted molar refractivity (Wildman–Crippen MR) is 146 cm³/mol. The van der Waals surface area contributed by atoms with Gasteiger partial charge in [-0.3, -0.25) is 14.6 Å². The van der Waals surface area contributed by atoms with Crippen molar-refractivity contribution in [3.63, 3.8) is 0 Å². The number of halogens is 3. The lowest BCUT2D eigenvalue weighted by molar-refractivity contribution is 0.0800. The molecular formula is C27H27Cl2FN6O2. The van der Waals surface area contributed by atoms with Crippen LogP contribution in [0.25, 0.3) is 0 Å². The fourth-order valence-electron chi connectivity index (χ4n) is 4.96. The van der Waals surface area contributed by atoms with Gasteiger partial charge in [0.05, 0.1) is 17.8 Å². The summed E-state index contributed by atoms with van der Waals surface area (Å²) in [5.74, 6) is -0.991. The van der Waals surface area contributed by atoms with Gasteiger partial charge in [0.2, 0.25) is 5.79 Å². The molecule has 8 nitrogen and oxygen atoms in total. The molecule has 2 aliphatic rings. The summed E-state index contributed by atoms with van der Waals surface area (Å²) in [7, 11) is 5.32. The summed E-state index contributed by atoms with van der Waals surface area (Å²) in [6.07, 6.45) is 3.38. The number of fused-ring (bicyclic) bond motifs is 1. The number of hydrogen-bond acceptors (Lipinski definition) is 6. The first-order valence-electron chi connectivity index (χ1n) is 12.0. The van der Waals surface area contributed by atoms with Gasteiger partial charge in [0, 0.05) is 29.0 Å². The summed E-state index contributed by atoms with van der Waals surface area (Å²) in [4.78, 5) is 27.3. The second kappa shape index (κ2) is 9.72. The van der Waals surface area contributed by atoms with E-state index in [-0.39, 0.29) is 22.7 Å². The van der Waals surface area contributed by atoms with Crippen LogP contribution in [-0.2, 0) is 10.5 Å². The molecule has 0 bridgehead atoms. The van der Waals surface area contributed by atoms with Gasteiger partial charge in [-0.1, -0.05) is 35.3 Å². The van der Waals surface area contributed by atoms with Crippen LogP contribution in [0.1, 0.15) is 53.5 Å². The van der Waals surface area contributed by atoms with E-state index in [0.717, 1.165) is 5.56 Å². The summed E-state index contributed by atoms with van der Waals surface area (Å²) in [6.45, 7) is 4.05. The van der Waals surface area contributed by atoms with Crippen molar-refractivity contribution in [1.29, 1.82) is 0 Å². The van der Waals surface area contributed by atoms with Crippen LogP contribution in [0.3, 0.4) is 0 Å². The van der Waals surface area contributed by atoms with Crippen molar-refractivity contribution in [2.75, 3.05) is 26.1 Å². The van der Waals surface area contributed by atoms with Crippen LogP contribution in [0.2, 0.25) is 10.0 Å². The highest BCUT2D eigenvalue weighted by Gasteiger charge is 2.49. The number of hydrogen-bond donors (Lipinski definition) is 1. The Morgan fingerprint density at radius 3 is 2.47 bits per heavy atom. The van der Waals surface area contributed by atoms with Gasteiger partial charge in [0.15, 0.2) is 17.4 Å². The average Bonchev–Trinajstić information content (AvgIpc) is 3.42. The highest BCUT2D eigenvalue weighted by molar-refractivity contribution is 6.31. The standard InChI is InChI=1S/C27H27Cl2FN6O2/c1-15(2)35-24-22(32-26(35)27(34(3)4)31-13-12-21(33-27)38-5)25(37)36(18-10-11-20(30)19(29)14-18)23(24)16-6-8-17(28)9-7-16/h6-15,23,33H,1-5H3. The van der Waals surface area contributed by atoms with E-state index in [0.29, 0.717) is 28.1 Å². The number of amides is 1. The number of imidazole rings is 1. The minimum absolute atomic E-state index is 0.0756. The topological polar surface area (TPSA) is 75.0 Å². The van der Waals surface area contributed by atoms with Crippen LogP contribution in [0, 0.1) is 5.82 Å². The molecule has 0 saturated heterocycles. The SMILES string of the molecule is COC1=CC=NC(c2nc3c(n2C(C)C)C(c2ccc(Cl)cc2)N(c2ccc(F)c(Cl)c2)C3=O)(N(C)C)N1. The maximum absolute atomic E-state index is 14.1. The Morgan fingerprint density at radius 1 is 1.16 bits per heavy atom. The van der Waals surface area contributed by atoms with E-state index >= 15 is 0 Å². The molecule has 3 heterocycles. The van der Waals surface area contributed by atoms with Gasteiger partial charge in [-0.05, 0) is 63.8 Å². The van der Waals surface area contributed by atoms with Crippen molar-refractivity contribution in [3.8, 4) is 0 Å². The average molecular weight is 557 g/mol. The fourth-order valence-corrected chi connectivity index (χ4v) is 5.26. The number of allylic oxidation sites excluding steroid dienone is 1. The third-order valence-electron chi connectivity index (χ3n) is 6.73. The van der Waals surface area contributed by atoms with E-state index in [2.05, 4.69) is 5.32 Å². The van der Waals surface area contributed by atoms with E-state index in [9.17, 15) is 9.18 Å². The molecule has 0 fully saturated rings. The van der Waals surface area contributed by atoms with Crippen molar-refractivity contribution < 1.29 is 13.9 Å². The first kappa shape index (κ1) is 26.2. The molecule has 0 spiro atoms. The third-order valence-corrected chi connectivity index (χ3v) is 7.28. The predicted octanol–water partition coefficient (Wildman–Crippen LogP) is 5.49. The van der Waals surface area contributed by atoms with E-state index in [1.807, 2.05) is 49.5 Å². The zero-order valence-electron chi connectivity index (χ0n) is 21.5. The molecule has 2 aliphatic heterocycles. The number of nitrogens with one attached hydrogen (secondary N) is 1. The maximum atomic E-state index is 14.1. The summed E-state index contributed by atoms with van der Waals surface area (Å²) in [5, 5.41) is 3.82. The summed E-state index contributed by atoms with van der Waals surface area (Å²) in [5.41, 5.74) is 2.24. The molecular weight excluding hydrogens is 530 g/mol. The van der Waals surface area contributed by atoms with Crippen LogP contribution in [0.5, 0.6) is 0 Å². The number of anilines is 1. The minimum atomic E-state index is -1.14. The number of carbonyl (C=O) groups is 1. The normalized spacial score (nSPS) is 20.7. The number of ether oxygens (including phenoxy) is 1. The lowest BCUT2D eigenvalue weighted by atomic mass is 10.0. The van der Waals surface area contributed by atoms with Crippen molar-refractivity contribution in [1.82, 2.24) is 19.8 Å². The lowest BCUT2D eigenvalue weighted by Crippen LogP contribution is -2.54. The van der Waals surface area contributed by atoms with Gasteiger partial charge < -0.3 is 14.6 Å². The highest BCUT2D eigenvalue weighted by Crippen LogP contribution is 2.45. The molecule has 1 amide bonds. The highest BCUT2D eigenvalue weighted by atomic mass is 35.5. The molecule has 0 aliphatic carbocycles. The van der Waals surface area contributed by atoms with Crippen molar-refractivity contribution in [2.24, 2.45) is 4.99 Å². The van der Waals surface area contributed by atoms with E-state index in [1.54, 1.807) is 42.5 Å². The first-order chi connectivity index (χ1) is 18.1. The Kier molecular flexibility index (Phi) is 6.71. The van der Waals surface area contributed by atoms with Crippen LogP contribution in [0.4, 0.5) is 10.1 Å². The van der Waals surface area contributed by atoms with Gasteiger partial charge in [-0.2, -0.15) is 0 Å². The minimum Gasteiger partial charge on any atom is -0.482 e. The largest absolute Gasteiger partial charge is 0.482 e. The number of rotatable bonds is 6. The maximum Gasteiger partial charge on any atom is 0.279 e. The van der Waals surface area contributed by atoms with E-state index in [4.69, 9.17) is 37.9 Å². The van der Waals surface area contributed by atoms with Crippen LogP contribution < -0.4 is 10.2 Å². The van der Waals surface area contributed by atoms with Crippen molar-refractivity contribution in [2.45, 2.75) is 31.7 Å². The molecule has 11 heteroatoms. The molecule has 2 unspecified atom stereocenters. The Morgan fingerprint density at radius 2 is 1.87 bits per heavy atom. The zero-order valence-corrected chi connectivity index (χ0v) is 23.0. The van der Waals surface area contributed by atoms with Crippen molar-refractivity contribution >= 4 is 41.0 Å². The smallest absolute Gasteiger partial charge is 0.279 e. The summed E-state index contributed by atoms with van der Waals surface area (Å²) >= 11 is 12.3. The molecule has 5 rings (SSSR count). The van der Waals surface area contributed by atoms with Gasteiger partial charge in [-0.15, -0.1) is 0 Å². The fraction of sp³-hybridized carbons (Fsp3) is 0.296. The zero-order chi connectivity index (χ0) is 27.4. The number of benzene rings is 2. The van der Waals surface area contributed by atoms with Crippen LogP contribution in [-0.4, -0.2) is 47.8 Å². The number of methoxy groups -OCH3 is 1. The first-order valence-corrected chi connectivity index (χ1v) is 12.8. The molecule has 1 N–H and O–H groups in total. The van der Waals surface area contributed by atoms with Gasteiger partial charge in [-0.25, -0.2) is 14.4 Å². The number of nitrogens with zero attached hydrogens (tertiary/aromatic N) is 5. The van der Waals surface area contributed by atoms with E-state index in [1.165, 1.54) is 12.1 Å². The number of carbonyl (C=O) groups excluding carboxylic acids is 1. The molecule has 38 heavy (non-hydrogen) atoms. The number of aliphatic imine (C=N–C) groups is 1. The second-order valence-electron chi connectivity index (χ2n) is 9.57. The summed E-state index contributed by atoms with van der Waals surface area (Å²) < 4.78 is 21.6. The van der Waals surface area contributed by atoms with E-state index < -0.39 is 17.6 Å². The Bertz CT molecular complexity index is 1470. The Balaban J connectivity index is 1.77. The van der Waals surface area contributed by atoms with Crippen LogP contribution >= 0.6 is 23.2 Å². The quantitative estimate of drug-likeness (QED) is 0.434. The summed E-state index contributed by atoms with van der Waals surface area (Å²) in [6, 6.07) is 10.8. The van der Waals surface area contributed by atoms with Crippen molar-refractivity contribution in [3.05, 3.63) is 93.1 Å². The third kappa shape index (κ3) is 4.05. The molecule has 2 aromatic carbocycles. The van der Waals surface area contributed by atoms with Gasteiger partial charge >= 0.3 is 0 Å². The Labute approximate surface area is 230 Å². The molecule has 0 saturated carbocycles. The molecule has 3 aromatic rings. The molecule has 2 atom stereocenters. The monoisotopic (exact) mass is 556 g/mol. The Hall–Kier alpha value is -3.40. The molecule has 1 aromatic heterocycles. The van der Waals surface area contributed by atoms with Gasteiger partial charge in [0.1, 0.15) is 11.9 Å². The second-order valence-corrected chi connectivity index (χ2v) is 10.4. The molecule has 0 radical (unpaired) electrons. The van der Waals surface area contributed by atoms with Gasteiger partial charge in [0.25, 0.3) is 5.91 Å². The molecule has 198 valence electrons.